The Morgan fingerprint density at radius 3 is 2.32 bits per heavy atom. The van der Waals surface area contributed by atoms with Crippen molar-refractivity contribution in [3.8, 4) is 5.75 Å². The van der Waals surface area contributed by atoms with Crippen LogP contribution in [0.4, 0.5) is 0 Å². The van der Waals surface area contributed by atoms with Crippen LogP contribution in [-0.4, -0.2) is 22.2 Å². The number of aromatic hydroxyl groups is 1. The summed E-state index contributed by atoms with van der Waals surface area (Å²) in [7, 11) is 0. The number of benzene rings is 3. The first-order chi connectivity index (χ1) is 13.5. The van der Waals surface area contributed by atoms with Crippen LogP contribution in [0.5, 0.6) is 5.75 Å². The number of phenols is 1. The quantitative estimate of drug-likeness (QED) is 0.491. The Bertz CT molecular complexity index is 1190. The molecule has 0 aliphatic heterocycles. The molecule has 142 valence electrons. The normalized spacial score (nSPS) is 11.2. The van der Waals surface area contributed by atoms with Crippen LogP contribution >= 0.6 is 0 Å². The third-order valence-electron chi connectivity index (χ3n) is 5.35. The number of carbonyl (C=O) groups excluding carboxylic acids is 1. The first-order valence-corrected chi connectivity index (χ1v) is 9.48. The third kappa shape index (κ3) is 2.73. The average molecular weight is 373 g/mol. The molecular formula is C24H23NO3. The second-order valence-electron chi connectivity index (χ2n) is 7.00. The zero-order valence-corrected chi connectivity index (χ0v) is 16.3. The zero-order chi connectivity index (χ0) is 19.8. The summed E-state index contributed by atoms with van der Waals surface area (Å²) in [5.41, 5.74) is 4.18. The topological polar surface area (TPSA) is 51.5 Å². The average Bonchev–Trinajstić information content (AvgIpc) is 3.00. The molecule has 1 aromatic heterocycles. The highest BCUT2D eigenvalue weighted by molar-refractivity contribution is 6.17. The van der Waals surface area contributed by atoms with Crippen molar-refractivity contribution >= 4 is 27.6 Å². The molecule has 4 heteroatoms. The van der Waals surface area contributed by atoms with E-state index in [1.54, 1.807) is 6.92 Å². The first kappa shape index (κ1) is 18.1. The summed E-state index contributed by atoms with van der Waals surface area (Å²) in [6.45, 7) is 6.55. The molecule has 1 N–H and O–H groups in total. The molecule has 0 fully saturated rings. The van der Waals surface area contributed by atoms with E-state index in [1.807, 2.05) is 56.3 Å². The van der Waals surface area contributed by atoms with Crippen molar-refractivity contribution in [3.05, 3.63) is 77.0 Å². The molecule has 4 aromatic rings. The van der Waals surface area contributed by atoms with Gasteiger partial charge in [-0.3, -0.25) is 0 Å². The lowest BCUT2D eigenvalue weighted by Crippen LogP contribution is -2.08. The van der Waals surface area contributed by atoms with Crippen molar-refractivity contribution in [1.82, 2.24) is 4.57 Å². The predicted octanol–water partition coefficient (Wildman–Crippen LogP) is 5.34. The summed E-state index contributed by atoms with van der Waals surface area (Å²) in [6.07, 6.45) is 0. The van der Waals surface area contributed by atoms with Crippen LogP contribution in [0.2, 0.25) is 0 Å². The molecule has 3 aromatic carbocycles. The molecular weight excluding hydrogens is 350 g/mol. The van der Waals surface area contributed by atoms with Gasteiger partial charge in [-0.2, -0.15) is 0 Å². The summed E-state index contributed by atoms with van der Waals surface area (Å²) < 4.78 is 7.51. The van der Waals surface area contributed by atoms with Crippen LogP contribution < -0.4 is 0 Å². The van der Waals surface area contributed by atoms with Gasteiger partial charge in [-0.15, -0.1) is 0 Å². The highest BCUT2D eigenvalue weighted by Crippen LogP contribution is 2.41. The van der Waals surface area contributed by atoms with E-state index >= 15 is 0 Å². The van der Waals surface area contributed by atoms with Crippen molar-refractivity contribution < 1.29 is 14.6 Å². The lowest BCUT2D eigenvalue weighted by Gasteiger charge is -2.12. The minimum atomic E-state index is -0.352. The Hall–Kier alpha value is -3.27. The fraction of sp³-hybridized carbons (Fsp3) is 0.208. The van der Waals surface area contributed by atoms with E-state index in [0.29, 0.717) is 24.3 Å². The Labute approximate surface area is 164 Å². The van der Waals surface area contributed by atoms with E-state index in [1.165, 1.54) is 0 Å². The van der Waals surface area contributed by atoms with Gasteiger partial charge in [0, 0.05) is 34.0 Å². The molecule has 0 amide bonds. The van der Waals surface area contributed by atoms with Crippen molar-refractivity contribution in [2.75, 3.05) is 6.61 Å². The molecule has 0 saturated heterocycles. The molecule has 0 aliphatic rings. The number of aromatic nitrogens is 1. The molecule has 0 saturated carbocycles. The summed E-state index contributed by atoms with van der Waals surface area (Å²) in [6, 6.07) is 17.9. The van der Waals surface area contributed by atoms with Gasteiger partial charge in [0.05, 0.1) is 17.7 Å². The summed E-state index contributed by atoms with van der Waals surface area (Å²) in [5, 5.41) is 13.3. The van der Waals surface area contributed by atoms with Crippen molar-refractivity contribution in [1.29, 1.82) is 0 Å². The minimum Gasteiger partial charge on any atom is -0.507 e. The van der Waals surface area contributed by atoms with E-state index in [-0.39, 0.29) is 11.7 Å². The lowest BCUT2D eigenvalue weighted by atomic mass is 9.98. The van der Waals surface area contributed by atoms with Gasteiger partial charge in [0.25, 0.3) is 0 Å². The van der Waals surface area contributed by atoms with Gasteiger partial charge >= 0.3 is 5.97 Å². The Balaban J connectivity index is 2.13. The molecule has 28 heavy (non-hydrogen) atoms. The highest BCUT2D eigenvalue weighted by Gasteiger charge is 2.26. The second-order valence-corrected chi connectivity index (χ2v) is 7.00. The molecule has 0 bridgehead atoms. The van der Waals surface area contributed by atoms with E-state index in [4.69, 9.17) is 4.74 Å². The number of phenolic OH excluding ortho intramolecular Hbond substituents is 1. The monoisotopic (exact) mass is 373 g/mol. The molecule has 1 heterocycles. The molecule has 0 radical (unpaired) electrons. The number of nitrogens with zero attached hydrogens (tertiary/aromatic N) is 1. The Kier molecular flexibility index (Phi) is 4.55. The summed E-state index contributed by atoms with van der Waals surface area (Å²) >= 11 is 0. The number of aryl methyl sites for hydroxylation is 1. The van der Waals surface area contributed by atoms with Gasteiger partial charge < -0.3 is 14.4 Å². The summed E-state index contributed by atoms with van der Waals surface area (Å²) in [4.78, 5) is 12.8. The number of carbonyl (C=O) groups is 1. The van der Waals surface area contributed by atoms with E-state index < -0.39 is 0 Å². The number of rotatable bonds is 4. The third-order valence-corrected chi connectivity index (χ3v) is 5.35. The van der Waals surface area contributed by atoms with E-state index in [0.717, 1.165) is 32.9 Å². The van der Waals surface area contributed by atoms with Crippen molar-refractivity contribution in [2.45, 2.75) is 27.3 Å². The molecule has 4 rings (SSSR count). The number of fused-ring (bicyclic) bond motifs is 3. The maximum atomic E-state index is 12.8. The van der Waals surface area contributed by atoms with Crippen LogP contribution in [0.15, 0.2) is 54.6 Å². The van der Waals surface area contributed by atoms with Crippen molar-refractivity contribution in [3.63, 3.8) is 0 Å². The van der Waals surface area contributed by atoms with Gasteiger partial charge in [-0.1, -0.05) is 54.6 Å². The lowest BCUT2D eigenvalue weighted by molar-refractivity contribution is 0.0527. The van der Waals surface area contributed by atoms with Gasteiger partial charge in [-0.05, 0) is 26.3 Å². The van der Waals surface area contributed by atoms with E-state index in [2.05, 4.69) is 16.7 Å². The Morgan fingerprint density at radius 1 is 1.00 bits per heavy atom. The highest BCUT2D eigenvalue weighted by atomic mass is 16.5. The van der Waals surface area contributed by atoms with Crippen LogP contribution in [-0.2, 0) is 11.3 Å². The van der Waals surface area contributed by atoms with Crippen LogP contribution in [0.3, 0.4) is 0 Å². The fourth-order valence-corrected chi connectivity index (χ4v) is 4.02. The number of hydrogen-bond donors (Lipinski definition) is 1. The second kappa shape index (κ2) is 7.04. The van der Waals surface area contributed by atoms with Gasteiger partial charge in [0.2, 0.25) is 0 Å². The maximum absolute atomic E-state index is 12.8. The fourth-order valence-electron chi connectivity index (χ4n) is 4.02. The van der Waals surface area contributed by atoms with Gasteiger partial charge in [0.1, 0.15) is 5.75 Å². The Morgan fingerprint density at radius 2 is 1.64 bits per heavy atom. The molecule has 4 nitrogen and oxygen atoms in total. The smallest absolute Gasteiger partial charge is 0.340 e. The van der Waals surface area contributed by atoms with Crippen LogP contribution in [0, 0.1) is 13.8 Å². The van der Waals surface area contributed by atoms with E-state index in [9.17, 15) is 9.90 Å². The number of esters is 1. The van der Waals surface area contributed by atoms with Gasteiger partial charge in [0.15, 0.2) is 0 Å². The maximum Gasteiger partial charge on any atom is 0.340 e. The number of ether oxygens (including phenoxy) is 1. The summed E-state index contributed by atoms with van der Waals surface area (Å²) in [5.74, 6) is -0.139. The zero-order valence-electron chi connectivity index (χ0n) is 16.3. The standard InChI is InChI=1S/C24H23NO3/c1-4-28-24(27)21-16(3)25(14-17-10-6-5-7-11-17)22-18-12-8-9-13-19(18)23(26)15(2)20(21)22/h5-13,26H,4,14H2,1-3H3. The van der Waals surface area contributed by atoms with Crippen LogP contribution in [0.25, 0.3) is 21.7 Å². The predicted molar refractivity (Wildman–Crippen MR) is 112 cm³/mol. The van der Waals surface area contributed by atoms with Crippen LogP contribution in [0.1, 0.15) is 34.1 Å². The molecule has 0 atom stereocenters. The van der Waals surface area contributed by atoms with Gasteiger partial charge in [-0.25, -0.2) is 4.79 Å². The SMILES string of the molecule is CCOC(=O)c1c(C)n(Cc2ccccc2)c2c1c(C)c(O)c1ccccc12. The molecule has 0 unspecified atom stereocenters. The number of hydrogen-bond acceptors (Lipinski definition) is 3. The first-order valence-electron chi connectivity index (χ1n) is 9.48. The van der Waals surface area contributed by atoms with Crippen molar-refractivity contribution in [2.24, 2.45) is 0 Å². The molecule has 0 aliphatic carbocycles. The largest absolute Gasteiger partial charge is 0.507 e. The molecule has 0 spiro atoms. The minimum absolute atomic E-state index is 0.213.